The van der Waals surface area contributed by atoms with Crippen LogP contribution in [0.25, 0.3) is 10.9 Å². The van der Waals surface area contributed by atoms with E-state index in [2.05, 4.69) is 20.2 Å². The number of benzene rings is 1. The van der Waals surface area contributed by atoms with Crippen LogP contribution in [0.3, 0.4) is 0 Å². The van der Waals surface area contributed by atoms with Gasteiger partial charge in [0, 0.05) is 46.8 Å². The molecule has 3 heterocycles. The van der Waals surface area contributed by atoms with Crippen molar-refractivity contribution in [3.05, 3.63) is 62.3 Å². The second-order valence-electron chi connectivity index (χ2n) is 8.80. The van der Waals surface area contributed by atoms with Crippen LogP contribution in [0.1, 0.15) is 53.0 Å². The van der Waals surface area contributed by atoms with Gasteiger partial charge in [0.25, 0.3) is 5.91 Å². The molecule has 0 radical (unpaired) electrons. The first kappa shape index (κ1) is 20.4. The first-order chi connectivity index (χ1) is 15.2. The van der Waals surface area contributed by atoms with E-state index in [0.29, 0.717) is 5.56 Å². The Morgan fingerprint density at radius 2 is 2.06 bits per heavy atom. The van der Waals surface area contributed by atoms with Crippen LogP contribution in [0.4, 0.5) is 0 Å². The number of carbonyl (C=O) groups excluding carboxylic acids is 1. The van der Waals surface area contributed by atoms with Crippen LogP contribution >= 0.6 is 11.3 Å². The van der Waals surface area contributed by atoms with Gasteiger partial charge in [0.05, 0.1) is 5.52 Å². The summed E-state index contributed by atoms with van der Waals surface area (Å²) >= 11 is 1.37. The van der Waals surface area contributed by atoms with Crippen molar-refractivity contribution in [1.29, 1.82) is 0 Å². The zero-order chi connectivity index (χ0) is 21.2. The largest absolute Gasteiger partial charge is 0.349 e. The normalized spacial score (nSPS) is 21.7. The van der Waals surface area contributed by atoms with Crippen LogP contribution in [-0.2, 0) is 13.0 Å². The molecule has 1 saturated carbocycles. The van der Waals surface area contributed by atoms with E-state index in [1.165, 1.54) is 22.6 Å². The summed E-state index contributed by atoms with van der Waals surface area (Å²) in [6, 6.07) is 9.82. The predicted molar refractivity (Wildman–Crippen MR) is 123 cm³/mol. The number of H-pyrrole nitrogens is 1. The van der Waals surface area contributed by atoms with Gasteiger partial charge >= 0.3 is 4.87 Å². The summed E-state index contributed by atoms with van der Waals surface area (Å²) in [5.41, 5.74) is 2.69. The lowest BCUT2D eigenvalue weighted by atomic mass is 9.84. The van der Waals surface area contributed by atoms with Gasteiger partial charge < -0.3 is 10.3 Å². The van der Waals surface area contributed by atoms with E-state index in [4.69, 9.17) is 0 Å². The van der Waals surface area contributed by atoms with Crippen molar-refractivity contribution in [3.8, 4) is 0 Å². The molecule has 3 aromatic rings. The van der Waals surface area contributed by atoms with Gasteiger partial charge in [0.15, 0.2) is 0 Å². The molecule has 1 aromatic carbocycles. The Bertz CT molecular complexity index is 1120. The Morgan fingerprint density at radius 1 is 1.19 bits per heavy atom. The number of nitrogens with one attached hydrogen (secondary N) is 2. The number of hydrogen-bond acceptors (Lipinski definition) is 5. The molecule has 1 aliphatic heterocycles. The zero-order valence-electron chi connectivity index (χ0n) is 17.6. The number of amides is 1. The lowest BCUT2D eigenvalue weighted by Crippen LogP contribution is -2.38. The summed E-state index contributed by atoms with van der Waals surface area (Å²) in [4.78, 5) is 35.5. The molecule has 7 heteroatoms. The molecule has 0 saturated heterocycles. The van der Waals surface area contributed by atoms with Crippen molar-refractivity contribution in [1.82, 2.24) is 20.2 Å². The molecule has 0 unspecified atom stereocenters. The number of nitrogens with zero attached hydrogens (tertiary/aromatic N) is 2. The van der Waals surface area contributed by atoms with E-state index in [0.717, 1.165) is 74.3 Å². The number of fused-ring (bicyclic) bond motifs is 2. The molecule has 0 bridgehead atoms. The van der Waals surface area contributed by atoms with E-state index in [-0.39, 0.29) is 16.8 Å². The van der Waals surface area contributed by atoms with E-state index >= 15 is 0 Å². The standard InChI is InChI=1S/C24H28N4O2S/c29-23(19-3-1-5-20-18(19)4-2-12-25-20)26-17-8-6-16(7-9-17)10-13-28-14-11-22-21(15-28)27-24(30)31-22/h1-5,12,16-17H,6-11,13-15H2,(H,26,29)(H,27,30). The van der Waals surface area contributed by atoms with Gasteiger partial charge in [0.1, 0.15) is 0 Å². The monoisotopic (exact) mass is 436 g/mol. The fraction of sp³-hybridized carbons (Fsp3) is 0.458. The predicted octanol–water partition coefficient (Wildman–Crippen LogP) is 3.72. The first-order valence-corrected chi connectivity index (χ1v) is 12.0. The van der Waals surface area contributed by atoms with Gasteiger partial charge in [0.2, 0.25) is 0 Å². The Morgan fingerprint density at radius 3 is 2.94 bits per heavy atom. The molecular formula is C24H28N4O2S. The van der Waals surface area contributed by atoms with Gasteiger partial charge in [-0.25, -0.2) is 0 Å². The Balaban J connectivity index is 1.10. The highest BCUT2D eigenvalue weighted by molar-refractivity contribution is 7.09. The number of pyridine rings is 1. The van der Waals surface area contributed by atoms with Gasteiger partial charge in [-0.1, -0.05) is 23.5 Å². The van der Waals surface area contributed by atoms with Crippen LogP contribution in [0.15, 0.2) is 41.3 Å². The third-order valence-corrected chi connectivity index (χ3v) is 7.75. The number of carbonyl (C=O) groups is 1. The Labute approximate surface area is 185 Å². The maximum atomic E-state index is 12.9. The minimum absolute atomic E-state index is 0.0101. The third kappa shape index (κ3) is 4.57. The van der Waals surface area contributed by atoms with Crippen molar-refractivity contribution in [2.45, 2.75) is 51.1 Å². The van der Waals surface area contributed by atoms with Gasteiger partial charge in [-0.2, -0.15) is 0 Å². The molecule has 2 aliphatic rings. The van der Waals surface area contributed by atoms with Crippen LogP contribution in [-0.4, -0.2) is 39.9 Å². The molecule has 1 amide bonds. The molecule has 2 N–H and O–H groups in total. The second-order valence-corrected chi connectivity index (χ2v) is 9.87. The fourth-order valence-electron chi connectivity index (χ4n) is 5.00. The molecule has 5 rings (SSSR count). The fourth-order valence-corrected chi connectivity index (χ4v) is 5.83. The maximum Gasteiger partial charge on any atom is 0.304 e. The minimum atomic E-state index is 0.0101. The summed E-state index contributed by atoms with van der Waals surface area (Å²) in [7, 11) is 0. The molecule has 6 nitrogen and oxygen atoms in total. The van der Waals surface area contributed by atoms with Gasteiger partial charge in [-0.05, 0) is 69.2 Å². The van der Waals surface area contributed by atoms with Crippen molar-refractivity contribution in [2.75, 3.05) is 13.1 Å². The molecule has 0 atom stereocenters. The topological polar surface area (TPSA) is 78.1 Å². The summed E-state index contributed by atoms with van der Waals surface area (Å²) < 4.78 is 0. The number of aromatic nitrogens is 2. The first-order valence-electron chi connectivity index (χ1n) is 11.2. The summed E-state index contributed by atoms with van der Waals surface area (Å²) in [5.74, 6) is 0.730. The highest BCUT2D eigenvalue weighted by Crippen LogP contribution is 2.28. The van der Waals surface area contributed by atoms with Crippen LogP contribution in [0, 0.1) is 5.92 Å². The summed E-state index contributed by atoms with van der Waals surface area (Å²) in [6.07, 6.45) is 8.35. The minimum Gasteiger partial charge on any atom is -0.349 e. The molecule has 2 aromatic heterocycles. The SMILES string of the molecule is O=C(NC1CCC(CCN2CCc3sc(=O)[nH]c3C2)CC1)c1cccc2ncccc12. The number of rotatable bonds is 5. The highest BCUT2D eigenvalue weighted by atomic mass is 32.1. The number of thiazole rings is 1. The molecule has 1 aliphatic carbocycles. The molecule has 0 spiro atoms. The summed E-state index contributed by atoms with van der Waals surface area (Å²) in [5, 5.41) is 4.17. The average Bonchev–Trinajstić information content (AvgIpc) is 3.17. The van der Waals surface area contributed by atoms with Gasteiger partial charge in [-0.3, -0.25) is 19.5 Å². The third-order valence-electron chi connectivity index (χ3n) is 6.77. The lowest BCUT2D eigenvalue weighted by Gasteiger charge is -2.32. The van der Waals surface area contributed by atoms with E-state index in [1.807, 2.05) is 30.3 Å². The van der Waals surface area contributed by atoms with Crippen molar-refractivity contribution in [3.63, 3.8) is 0 Å². The lowest BCUT2D eigenvalue weighted by molar-refractivity contribution is 0.0921. The average molecular weight is 437 g/mol. The van der Waals surface area contributed by atoms with Crippen molar-refractivity contribution >= 4 is 28.1 Å². The molecule has 31 heavy (non-hydrogen) atoms. The van der Waals surface area contributed by atoms with Crippen LogP contribution < -0.4 is 10.2 Å². The summed E-state index contributed by atoms with van der Waals surface area (Å²) in [6.45, 7) is 3.01. The zero-order valence-corrected chi connectivity index (χ0v) is 18.4. The van der Waals surface area contributed by atoms with Crippen LogP contribution in [0.5, 0.6) is 0 Å². The number of hydrogen-bond donors (Lipinski definition) is 2. The smallest absolute Gasteiger partial charge is 0.304 e. The highest BCUT2D eigenvalue weighted by Gasteiger charge is 2.25. The van der Waals surface area contributed by atoms with E-state index < -0.39 is 0 Å². The Kier molecular flexibility index (Phi) is 5.87. The van der Waals surface area contributed by atoms with E-state index in [1.54, 1.807) is 6.20 Å². The maximum absolute atomic E-state index is 12.9. The Hall–Kier alpha value is -2.51. The molecule has 1 fully saturated rings. The van der Waals surface area contributed by atoms with Crippen molar-refractivity contribution in [2.24, 2.45) is 5.92 Å². The van der Waals surface area contributed by atoms with Crippen LogP contribution in [0.2, 0.25) is 0 Å². The molecule has 162 valence electrons. The van der Waals surface area contributed by atoms with E-state index in [9.17, 15) is 9.59 Å². The number of aromatic amines is 1. The molecular weight excluding hydrogens is 408 g/mol. The van der Waals surface area contributed by atoms with Gasteiger partial charge in [-0.15, -0.1) is 0 Å². The van der Waals surface area contributed by atoms with Crippen molar-refractivity contribution < 1.29 is 4.79 Å². The second kappa shape index (κ2) is 8.93. The quantitative estimate of drug-likeness (QED) is 0.639.